The van der Waals surface area contributed by atoms with Crippen LogP contribution < -0.4 is 0 Å². The highest BCUT2D eigenvalue weighted by Crippen LogP contribution is 2.30. The molecule has 0 unspecified atom stereocenters. The number of rotatable bonds is 5. The summed E-state index contributed by atoms with van der Waals surface area (Å²) in [4.78, 5) is 14.6. The Labute approximate surface area is 176 Å². The second-order valence-electron chi connectivity index (χ2n) is 8.20. The number of hydrogen-bond acceptors (Lipinski definition) is 6. The van der Waals surface area contributed by atoms with Gasteiger partial charge in [-0.2, -0.15) is 5.10 Å². The summed E-state index contributed by atoms with van der Waals surface area (Å²) in [6, 6.07) is 0. The molecule has 0 bridgehead atoms. The third-order valence-corrected chi connectivity index (χ3v) is 8.32. The van der Waals surface area contributed by atoms with Crippen LogP contribution in [0.1, 0.15) is 61.5 Å². The average Bonchev–Trinajstić information content (AvgIpc) is 3.39. The first-order valence-corrected chi connectivity index (χ1v) is 12.0. The molecule has 0 radical (unpaired) electrons. The summed E-state index contributed by atoms with van der Waals surface area (Å²) in [6.07, 6.45) is 4.85. The van der Waals surface area contributed by atoms with Crippen molar-refractivity contribution in [1.82, 2.24) is 33.8 Å². The standard InChI is InChI=1S/C19H29N7O3S/c1-4-24-12-16(11-20-24)19(27)23-9-10-26-17(13-23)21-22-18(26)15-5-7-25(8-6-15)30(28,29)14(2)3/h11-12,14-15H,4-10,13H2,1-3H3. The van der Waals surface area contributed by atoms with E-state index in [1.807, 2.05) is 6.92 Å². The van der Waals surface area contributed by atoms with Gasteiger partial charge in [-0.3, -0.25) is 9.48 Å². The van der Waals surface area contributed by atoms with Crippen LogP contribution in [0.5, 0.6) is 0 Å². The van der Waals surface area contributed by atoms with Crippen molar-refractivity contribution in [3.8, 4) is 0 Å². The van der Waals surface area contributed by atoms with Gasteiger partial charge in [0.1, 0.15) is 5.82 Å². The highest BCUT2D eigenvalue weighted by atomic mass is 32.2. The van der Waals surface area contributed by atoms with Crippen molar-refractivity contribution in [1.29, 1.82) is 0 Å². The number of aryl methyl sites for hydroxylation is 1. The molecule has 2 aromatic heterocycles. The van der Waals surface area contributed by atoms with Crippen LogP contribution in [0, 0.1) is 0 Å². The molecule has 0 N–H and O–H groups in total. The minimum absolute atomic E-state index is 0.0438. The zero-order chi connectivity index (χ0) is 21.5. The molecular formula is C19H29N7O3S. The number of aromatic nitrogens is 5. The Kier molecular flexibility index (Phi) is 5.67. The maximum atomic E-state index is 12.8. The fourth-order valence-electron chi connectivity index (χ4n) is 4.15. The SMILES string of the molecule is CCn1cc(C(=O)N2CCn3c(nnc3C3CCN(S(=O)(=O)C(C)C)CC3)C2)cn1. The lowest BCUT2D eigenvalue weighted by molar-refractivity contribution is 0.0705. The maximum Gasteiger partial charge on any atom is 0.257 e. The quantitative estimate of drug-likeness (QED) is 0.695. The number of amides is 1. The number of carbonyl (C=O) groups is 1. The lowest BCUT2D eigenvalue weighted by atomic mass is 9.97. The fraction of sp³-hybridized carbons (Fsp3) is 0.684. The van der Waals surface area contributed by atoms with Crippen LogP contribution in [-0.2, 0) is 29.7 Å². The first-order chi connectivity index (χ1) is 14.3. The third kappa shape index (κ3) is 3.76. The van der Waals surface area contributed by atoms with Gasteiger partial charge in [-0.15, -0.1) is 10.2 Å². The van der Waals surface area contributed by atoms with Crippen molar-refractivity contribution < 1.29 is 13.2 Å². The highest BCUT2D eigenvalue weighted by Gasteiger charge is 2.34. The minimum Gasteiger partial charge on any atom is -0.329 e. The molecule has 11 heteroatoms. The zero-order valence-corrected chi connectivity index (χ0v) is 18.5. The van der Waals surface area contributed by atoms with Crippen molar-refractivity contribution in [3.63, 3.8) is 0 Å². The van der Waals surface area contributed by atoms with Gasteiger partial charge in [0.2, 0.25) is 10.0 Å². The normalized spacial score (nSPS) is 18.7. The number of carbonyl (C=O) groups excluding carboxylic acids is 1. The molecule has 2 aliphatic rings. The first-order valence-electron chi connectivity index (χ1n) is 10.5. The molecule has 0 aromatic carbocycles. The Bertz CT molecular complexity index is 1020. The number of nitrogens with zero attached hydrogens (tertiary/aromatic N) is 7. The van der Waals surface area contributed by atoms with Gasteiger partial charge >= 0.3 is 0 Å². The van der Waals surface area contributed by atoms with Crippen molar-refractivity contribution in [2.75, 3.05) is 19.6 Å². The Hall–Kier alpha value is -2.27. The van der Waals surface area contributed by atoms with E-state index in [1.165, 1.54) is 0 Å². The Balaban J connectivity index is 1.42. The number of piperidine rings is 1. The summed E-state index contributed by atoms with van der Waals surface area (Å²) < 4.78 is 30.2. The fourth-order valence-corrected chi connectivity index (χ4v) is 5.47. The molecule has 1 amide bonds. The summed E-state index contributed by atoms with van der Waals surface area (Å²) >= 11 is 0. The van der Waals surface area contributed by atoms with E-state index >= 15 is 0 Å². The monoisotopic (exact) mass is 435 g/mol. The van der Waals surface area contributed by atoms with E-state index in [0.29, 0.717) is 38.3 Å². The topological polar surface area (TPSA) is 106 Å². The Morgan fingerprint density at radius 1 is 1.17 bits per heavy atom. The lowest BCUT2D eigenvalue weighted by Crippen LogP contribution is -2.42. The van der Waals surface area contributed by atoms with E-state index in [9.17, 15) is 13.2 Å². The molecule has 4 heterocycles. The van der Waals surface area contributed by atoms with E-state index < -0.39 is 15.3 Å². The molecule has 1 fully saturated rings. The van der Waals surface area contributed by atoms with Gasteiger partial charge in [0.05, 0.1) is 23.6 Å². The molecule has 0 atom stereocenters. The van der Waals surface area contributed by atoms with E-state index in [-0.39, 0.29) is 11.8 Å². The molecule has 10 nitrogen and oxygen atoms in total. The molecule has 0 aliphatic carbocycles. The van der Waals surface area contributed by atoms with Crippen molar-refractivity contribution in [3.05, 3.63) is 29.6 Å². The predicted molar refractivity (Wildman–Crippen MR) is 110 cm³/mol. The molecule has 0 saturated carbocycles. The van der Waals surface area contributed by atoms with Crippen LogP contribution in [0.4, 0.5) is 0 Å². The van der Waals surface area contributed by atoms with Crippen molar-refractivity contribution in [2.24, 2.45) is 0 Å². The smallest absolute Gasteiger partial charge is 0.257 e. The molecular weight excluding hydrogens is 406 g/mol. The van der Waals surface area contributed by atoms with Crippen LogP contribution in [0.3, 0.4) is 0 Å². The predicted octanol–water partition coefficient (Wildman–Crippen LogP) is 1.07. The first kappa shape index (κ1) is 21.0. The molecule has 4 rings (SSSR count). The Morgan fingerprint density at radius 3 is 2.53 bits per heavy atom. The summed E-state index contributed by atoms with van der Waals surface area (Å²) in [7, 11) is -3.21. The number of hydrogen-bond donors (Lipinski definition) is 0. The van der Waals surface area contributed by atoms with Crippen LogP contribution >= 0.6 is 0 Å². The highest BCUT2D eigenvalue weighted by molar-refractivity contribution is 7.89. The zero-order valence-electron chi connectivity index (χ0n) is 17.7. The van der Waals surface area contributed by atoms with Crippen molar-refractivity contribution >= 4 is 15.9 Å². The molecule has 30 heavy (non-hydrogen) atoms. The second-order valence-corrected chi connectivity index (χ2v) is 10.7. The van der Waals surface area contributed by atoms with Gasteiger partial charge in [-0.25, -0.2) is 12.7 Å². The van der Waals surface area contributed by atoms with Crippen molar-refractivity contribution in [2.45, 2.75) is 64.4 Å². The third-order valence-electron chi connectivity index (χ3n) is 6.05. The minimum atomic E-state index is -3.21. The molecule has 0 spiro atoms. The summed E-state index contributed by atoms with van der Waals surface area (Å²) in [5.74, 6) is 1.84. The van der Waals surface area contributed by atoms with Gasteiger partial charge in [-0.05, 0) is 33.6 Å². The van der Waals surface area contributed by atoms with Gasteiger partial charge in [0.25, 0.3) is 5.91 Å². The maximum absolute atomic E-state index is 12.8. The van der Waals surface area contributed by atoms with Gasteiger partial charge in [0, 0.05) is 44.8 Å². The van der Waals surface area contributed by atoms with E-state index in [4.69, 9.17) is 0 Å². The van der Waals surface area contributed by atoms with Crippen LogP contribution in [0.2, 0.25) is 0 Å². The van der Waals surface area contributed by atoms with E-state index in [0.717, 1.165) is 31.0 Å². The van der Waals surface area contributed by atoms with Crippen LogP contribution in [-0.4, -0.2) is 73.0 Å². The van der Waals surface area contributed by atoms with Gasteiger partial charge in [-0.1, -0.05) is 0 Å². The summed E-state index contributed by atoms with van der Waals surface area (Å²) in [5.41, 5.74) is 0.587. The molecule has 2 aromatic rings. The van der Waals surface area contributed by atoms with Gasteiger partial charge in [0.15, 0.2) is 5.82 Å². The molecule has 1 saturated heterocycles. The largest absolute Gasteiger partial charge is 0.329 e. The summed E-state index contributed by atoms with van der Waals surface area (Å²) in [6.45, 7) is 8.83. The van der Waals surface area contributed by atoms with E-state index in [2.05, 4.69) is 19.9 Å². The number of sulfonamides is 1. The Morgan fingerprint density at radius 2 is 1.90 bits per heavy atom. The number of fused-ring (bicyclic) bond motifs is 1. The average molecular weight is 436 g/mol. The van der Waals surface area contributed by atoms with Crippen LogP contribution in [0.25, 0.3) is 0 Å². The second kappa shape index (κ2) is 8.10. The van der Waals surface area contributed by atoms with Crippen LogP contribution in [0.15, 0.2) is 12.4 Å². The summed E-state index contributed by atoms with van der Waals surface area (Å²) in [5, 5.41) is 12.5. The van der Waals surface area contributed by atoms with Gasteiger partial charge < -0.3 is 9.47 Å². The molecule has 164 valence electrons. The lowest BCUT2D eigenvalue weighted by Gasteiger charge is -2.33. The van der Waals surface area contributed by atoms with E-state index in [1.54, 1.807) is 40.1 Å². The molecule has 2 aliphatic heterocycles.